The number of anilines is 3. The first kappa shape index (κ1) is 20.1. The third-order valence-corrected chi connectivity index (χ3v) is 5.81. The summed E-state index contributed by atoms with van der Waals surface area (Å²) in [6, 6.07) is 18.5. The summed E-state index contributed by atoms with van der Waals surface area (Å²) in [5.41, 5.74) is 7.45. The summed E-state index contributed by atoms with van der Waals surface area (Å²) < 4.78 is 0. The largest absolute Gasteiger partial charge is 0.387 e. The van der Waals surface area contributed by atoms with E-state index in [2.05, 4.69) is 58.9 Å². The Balaban J connectivity index is 1.34. The van der Waals surface area contributed by atoms with Crippen LogP contribution in [0.4, 0.5) is 17.1 Å². The second-order valence-corrected chi connectivity index (χ2v) is 7.82. The second-order valence-electron chi connectivity index (χ2n) is 7.82. The lowest BCUT2D eigenvalue weighted by molar-refractivity contribution is 0.176. The van der Waals surface area contributed by atoms with E-state index < -0.39 is 6.10 Å². The van der Waals surface area contributed by atoms with E-state index in [9.17, 15) is 5.11 Å². The number of benzene rings is 2. The lowest BCUT2D eigenvalue weighted by atomic mass is 9.93. The van der Waals surface area contributed by atoms with E-state index in [0.29, 0.717) is 0 Å². The lowest BCUT2D eigenvalue weighted by Gasteiger charge is -2.16. The summed E-state index contributed by atoms with van der Waals surface area (Å²) in [7, 11) is 0. The Morgan fingerprint density at radius 1 is 1.13 bits per heavy atom. The monoisotopic (exact) mass is 400 g/mol. The Morgan fingerprint density at radius 3 is 2.67 bits per heavy atom. The van der Waals surface area contributed by atoms with E-state index >= 15 is 0 Å². The molecule has 5 nitrogen and oxygen atoms in total. The van der Waals surface area contributed by atoms with Crippen LogP contribution < -0.4 is 10.6 Å². The molecule has 0 spiro atoms. The smallest absolute Gasteiger partial charge is 0.0966 e. The molecule has 1 heterocycles. The molecule has 1 aliphatic rings. The number of fused-ring (bicyclic) bond motifs is 1. The van der Waals surface area contributed by atoms with E-state index in [1.54, 1.807) is 12.4 Å². The molecule has 0 amide bonds. The molecule has 1 aromatic heterocycles. The summed E-state index contributed by atoms with van der Waals surface area (Å²) in [4.78, 5) is 4.32. The van der Waals surface area contributed by atoms with Gasteiger partial charge < -0.3 is 21.1 Å². The van der Waals surface area contributed by atoms with Crippen molar-refractivity contribution in [2.45, 2.75) is 38.2 Å². The van der Waals surface area contributed by atoms with Gasteiger partial charge in [-0.05, 0) is 73.2 Å². The predicted molar refractivity (Wildman–Crippen MR) is 123 cm³/mol. The third kappa shape index (κ3) is 4.36. The molecule has 30 heavy (non-hydrogen) atoms. The van der Waals surface area contributed by atoms with Crippen LogP contribution in [0.15, 0.2) is 60.8 Å². The molecule has 0 radical (unpaired) electrons. The Kier molecular flexibility index (Phi) is 6.10. The average molecular weight is 401 g/mol. The SMILES string of the molecule is Cc1ccccc1C(C=N)CCNc1ccc(Nc2ccnc3c2CCC3O)cc1. The van der Waals surface area contributed by atoms with Crippen molar-refractivity contribution in [3.05, 3.63) is 83.2 Å². The Labute approximate surface area is 177 Å². The number of pyridine rings is 1. The maximum atomic E-state index is 10.0. The Bertz CT molecular complexity index is 1020. The van der Waals surface area contributed by atoms with E-state index in [4.69, 9.17) is 5.41 Å². The number of aromatic nitrogens is 1. The normalized spacial score (nSPS) is 16.0. The molecule has 4 N–H and O–H groups in total. The molecule has 2 aromatic carbocycles. The number of aryl methyl sites for hydroxylation is 1. The van der Waals surface area contributed by atoms with E-state index in [1.807, 2.05) is 18.2 Å². The summed E-state index contributed by atoms with van der Waals surface area (Å²) in [6.07, 6.45) is 5.31. The van der Waals surface area contributed by atoms with Crippen LogP contribution in [-0.2, 0) is 6.42 Å². The lowest BCUT2D eigenvalue weighted by Crippen LogP contribution is -2.10. The van der Waals surface area contributed by atoms with Gasteiger partial charge in [-0.2, -0.15) is 0 Å². The second kappa shape index (κ2) is 9.09. The van der Waals surface area contributed by atoms with Crippen molar-refractivity contribution in [3.8, 4) is 0 Å². The standard InChI is InChI=1S/C25H28N4O/c1-17-4-2-3-5-21(17)18(16-26)12-14-27-19-6-8-20(9-7-19)29-23-13-15-28-25-22(23)10-11-24(25)30/h2-9,13,15-16,18,24,26-27,30H,10-12,14H2,1H3,(H,28,29). The minimum atomic E-state index is -0.446. The van der Waals surface area contributed by atoms with E-state index in [1.165, 1.54) is 11.1 Å². The van der Waals surface area contributed by atoms with Crippen molar-refractivity contribution in [2.75, 3.05) is 17.2 Å². The molecule has 4 rings (SSSR count). The van der Waals surface area contributed by atoms with Crippen LogP contribution in [0.25, 0.3) is 0 Å². The minimum absolute atomic E-state index is 0.128. The summed E-state index contributed by atoms with van der Waals surface area (Å²) in [5, 5.41) is 24.7. The molecule has 5 heteroatoms. The topological polar surface area (TPSA) is 81.0 Å². The molecular formula is C25H28N4O. The third-order valence-electron chi connectivity index (χ3n) is 5.81. The highest BCUT2D eigenvalue weighted by Crippen LogP contribution is 2.35. The van der Waals surface area contributed by atoms with Gasteiger partial charge in [0, 0.05) is 41.9 Å². The van der Waals surface area contributed by atoms with Crippen molar-refractivity contribution in [3.63, 3.8) is 0 Å². The molecule has 2 atom stereocenters. The number of nitrogens with one attached hydrogen (secondary N) is 3. The zero-order valence-electron chi connectivity index (χ0n) is 17.2. The number of aliphatic hydroxyl groups excluding tert-OH is 1. The number of hydrogen-bond donors (Lipinski definition) is 4. The van der Waals surface area contributed by atoms with Crippen molar-refractivity contribution in [1.29, 1.82) is 5.41 Å². The van der Waals surface area contributed by atoms with Gasteiger partial charge in [0.15, 0.2) is 0 Å². The molecule has 0 bridgehead atoms. The van der Waals surface area contributed by atoms with Gasteiger partial charge >= 0.3 is 0 Å². The van der Waals surface area contributed by atoms with Gasteiger partial charge in [0.25, 0.3) is 0 Å². The maximum Gasteiger partial charge on any atom is 0.0966 e. The highest BCUT2D eigenvalue weighted by Gasteiger charge is 2.24. The van der Waals surface area contributed by atoms with Crippen LogP contribution in [-0.4, -0.2) is 22.8 Å². The van der Waals surface area contributed by atoms with Crippen LogP contribution in [0.3, 0.4) is 0 Å². The molecule has 0 fully saturated rings. The van der Waals surface area contributed by atoms with Crippen molar-refractivity contribution in [1.82, 2.24) is 4.98 Å². The molecular weight excluding hydrogens is 372 g/mol. The van der Waals surface area contributed by atoms with Crippen LogP contribution in [0, 0.1) is 12.3 Å². The van der Waals surface area contributed by atoms with Crippen LogP contribution in [0.1, 0.15) is 47.2 Å². The quantitative estimate of drug-likeness (QED) is 0.384. The fourth-order valence-corrected chi connectivity index (χ4v) is 4.12. The molecule has 154 valence electrons. The van der Waals surface area contributed by atoms with Gasteiger partial charge in [-0.25, -0.2) is 0 Å². The number of hydrogen-bond acceptors (Lipinski definition) is 5. The van der Waals surface area contributed by atoms with Crippen molar-refractivity contribution < 1.29 is 5.11 Å². The van der Waals surface area contributed by atoms with Crippen LogP contribution >= 0.6 is 0 Å². The van der Waals surface area contributed by atoms with Gasteiger partial charge in [-0.15, -0.1) is 0 Å². The molecule has 0 saturated carbocycles. The predicted octanol–water partition coefficient (Wildman–Crippen LogP) is 5.35. The zero-order valence-corrected chi connectivity index (χ0v) is 17.2. The first-order valence-electron chi connectivity index (χ1n) is 10.5. The first-order valence-corrected chi connectivity index (χ1v) is 10.5. The molecule has 0 aliphatic heterocycles. The van der Waals surface area contributed by atoms with Gasteiger partial charge in [-0.3, -0.25) is 4.98 Å². The molecule has 0 saturated heterocycles. The zero-order chi connectivity index (χ0) is 20.9. The first-order chi connectivity index (χ1) is 14.7. The van der Waals surface area contributed by atoms with Crippen LogP contribution in [0.5, 0.6) is 0 Å². The van der Waals surface area contributed by atoms with Gasteiger partial charge in [0.2, 0.25) is 0 Å². The number of aliphatic hydroxyl groups is 1. The Morgan fingerprint density at radius 2 is 1.90 bits per heavy atom. The summed E-state index contributed by atoms with van der Waals surface area (Å²) in [6.45, 7) is 2.90. The van der Waals surface area contributed by atoms with Gasteiger partial charge in [0.1, 0.15) is 0 Å². The Hall–Kier alpha value is -3.18. The highest BCUT2D eigenvalue weighted by molar-refractivity contribution is 5.67. The minimum Gasteiger partial charge on any atom is -0.387 e. The van der Waals surface area contributed by atoms with Crippen molar-refractivity contribution in [2.24, 2.45) is 0 Å². The van der Waals surface area contributed by atoms with E-state index in [0.717, 1.165) is 54.1 Å². The van der Waals surface area contributed by atoms with Gasteiger partial charge in [-0.1, -0.05) is 24.3 Å². The fraction of sp³-hybridized carbons (Fsp3) is 0.280. The average Bonchev–Trinajstić information content (AvgIpc) is 3.15. The summed E-state index contributed by atoms with van der Waals surface area (Å²) >= 11 is 0. The molecule has 2 unspecified atom stereocenters. The molecule has 1 aliphatic carbocycles. The van der Waals surface area contributed by atoms with Gasteiger partial charge in [0.05, 0.1) is 11.8 Å². The number of rotatable bonds is 8. The molecule has 3 aromatic rings. The van der Waals surface area contributed by atoms with Crippen molar-refractivity contribution >= 4 is 23.3 Å². The number of nitrogens with zero attached hydrogens (tertiary/aromatic N) is 1. The fourth-order valence-electron chi connectivity index (χ4n) is 4.12. The van der Waals surface area contributed by atoms with E-state index in [-0.39, 0.29) is 5.92 Å². The summed E-state index contributed by atoms with van der Waals surface area (Å²) in [5.74, 6) is 0.128. The van der Waals surface area contributed by atoms with Crippen LogP contribution in [0.2, 0.25) is 0 Å². The highest BCUT2D eigenvalue weighted by atomic mass is 16.3. The maximum absolute atomic E-state index is 10.0.